The monoisotopic (exact) mass is 297 g/mol. The van der Waals surface area contributed by atoms with E-state index < -0.39 is 5.54 Å². The van der Waals surface area contributed by atoms with Gasteiger partial charge in [0.25, 0.3) is 0 Å². The highest BCUT2D eigenvalue weighted by molar-refractivity contribution is 5.38. The zero-order valence-corrected chi connectivity index (χ0v) is 13.2. The summed E-state index contributed by atoms with van der Waals surface area (Å²) in [4.78, 5) is 1.81. The maximum absolute atomic E-state index is 10.8. The Labute approximate surface area is 131 Å². The highest BCUT2D eigenvalue weighted by Crippen LogP contribution is 2.29. The molecule has 0 heterocycles. The number of hydrogen-bond donors (Lipinski definition) is 2. The predicted molar refractivity (Wildman–Crippen MR) is 90.5 cm³/mol. The van der Waals surface area contributed by atoms with Crippen LogP contribution in [0.4, 0.5) is 0 Å². The van der Waals surface area contributed by atoms with Crippen molar-refractivity contribution in [3.63, 3.8) is 0 Å². The Bertz CT molecular complexity index is 723. The van der Waals surface area contributed by atoms with Crippen molar-refractivity contribution in [2.24, 2.45) is 0 Å². The van der Waals surface area contributed by atoms with Crippen LogP contribution < -0.4 is 10.4 Å². The van der Waals surface area contributed by atoms with Gasteiger partial charge in [-0.05, 0) is 30.7 Å². The molecule has 2 rings (SSSR count). The summed E-state index contributed by atoms with van der Waals surface area (Å²) in [7, 11) is 0. The maximum Gasteiger partial charge on any atom is 0.195 e. The minimum absolute atomic E-state index is 0.0420. The van der Waals surface area contributed by atoms with Crippen LogP contribution in [0.15, 0.2) is 54.6 Å². The largest absolute Gasteiger partial charge is 0.494 e. The third-order valence-electron chi connectivity index (χ3n) is 3.99. The smallest absolute Gasteiger partial charge is 0.195 e. The summed E-state index contributed by atoms with van der Waals surface area (Å²) >= 11 is 0. The Balaban J connectivity index is 2.58. The Morgan fingerprint density at radius 2 is 1.64 bits per heavy atom. The predicted octanol–water partition coefficient (Wildman–Crippen LogP) is 1.95. The molecular weight excluding hydrogens is 274 g/mol. The summed E-state index contributed by atoms with van der Waals surface area (Å²) < 4.78 is 0. The summed E-state index contributed by atoms with van der Waals surface area (Å²) in [6.45, 7) is 8.32. The average molecular weight is 297 g/mol. The second-order valence-corrected chi connectivity index (χ2v) is 5.78. The van der Waals surface area contributed by atoms with E-state index in [0.717, 1.165) is 10.8 Å². The molecule has 0 fully saturated rings. The number of rotatable bonds is 5. The van der Waals surface area contributed by atoms with E-state index in [0.29, 0.717) is 11.8 Å². The van der Waals surface area contributed by atoms with E-state index in [-0.39, 0.29) is 12.5 Å². The Kier molecular flexibility index (Phi) is 4.88. The van der Waals surface area contributed by atoms with Gasteiger partial charge in [0.15, 0.2) is 5.88 Å². The van der Waals surface area contributed by atoms with Crippen LogP contribution in [0.3, 0.4) is 0 Å². The van der Waals surface area contributed by atoms with E-state index in [1.54, 1.807) is 0 Å². The van der Waals surface area contributed by atoms with E-state index in [9.17, 15) is 10.2 Å². The molecule has 2 aromatic carbocycles. The van der Waals surface area contributed by atoms with Crippen LogP contribution in [0.5, 0.6) is 0 Å². The van der Waals surface area contributed by atoms with Gasteiger partial charge in [0.1, 0.15) is 0 Å². The Morgan fingerprint density at radius 3 is 2.23 bits per heavy atom. The van der Waals surface area contributed by atoms with E-state index >= 15 is 0 Å². The Morgan fingerprint density at radius 1 is 1.05 bits per heavy atom. The van der Waals surface area contributed by atoms with E-state index in [2.05, 4.69) is 6.58 Å². The quantitative estimate of drug-likeness (QED) is 0.886. The summed E-state index contributed by atoms with van der Waals surface area (Å²) in [5.41, 5.74) is 0.604. The van der Waals surface area contributed by atoms with E-state index in [1.165, 1.54) is 0 Å². The van der Waals surface area contributed by atoms with E-state index in [4.69, 9.17) is 0 Å². The van der Waals surface area contributed by atoms with Gasteiger partial charge in [0.2, 0.25) is 0 Å². The van der Waals surface area contributed by atoms with Gasteiger partial charge in [-0.25, -0.2) is 0 Å². The molecule has 0 amide bonds. The minimum Gasteiger partial charge on any atom is -0.494 e. The van der Waals surface area contributed by atoms with Crippen LogP contribution in [0.25, 0.3) is 12.5 Å². The molecule has 116 valence electrons. The van der Waals surface area contributed by atoms with E-state index in [1.807, 2.05) is 73.3 Å². The first-order valence-electron chi connectivity index (χ1n) is 7.39. The molecule has 3 nitrogen and oxygen atoms in total. The fraction of sp³-hybridized carbons (Fsp3) is 0.263. The Hall–Kier alpha value is -2.26. The second-order valence-electron chi connectivity index (χ2n) is 5.78. The van der Waals surface area contributed by atoms with Crippen molar-refractivity contribution in [1.29, 1.82) is 0 Å². The van der Waals surface area contributed by atoms with Crippen LogP contribution in [0.2, 0.25) is 0 Å². The topological polar surface area (TPSA) is 43.7 Å². The molecule has 0 saturated heterocycles. The van der Waals surface area contributed by atoms with Crippen molar-refractivity contribution in [3.05, 3.63) is 70.6 Å². The summed E-state index contributed by atoms with van der Waals surface area (Å²) in [5, 5.41) is 21.6. The van der Waals surface area contributed by atoms with Gasteiger partial charge in [-0.3, -0.25) is 0 Å². The number of hydrogen-bond acceptors (Lipinski definition) is 3. The highest BCUT2D eigenvalue weighted by atomic mass is 16.3. The van der Waals surface area contributed by atoms with Gasteiger partial charge in [0.05, 0.1) is 12.1 Å². The van der Waals surface area contributed by atoms with Gasteiger partial charge in [-0.1, -0.05) is 55.1 Å². The molecule has 3 heteroatoms. The van der Waals surface area contributed by atoms with Crippen molar-refractivity contribution in [3.8, 4) is 0 Å². The molecule has 0 spiro atoms. The second kappa shape index (κ2) is 6.67. The first-order chi connectivity index (χ1) is 10.5. The lowest BCUT2D eigenvalue weighted by atomic mass is 9.92. The molecular formula is C19H23NO2. The zero-order chi connectivity index (χ0) is 16.2. The lowest BCUT2D eigenvalue weighted by Gasteiger charge is -2.39. The highest BCUT2D eigenvalue weighted by Gasteiger charge is 2.30. The molecule has 2 aromatic rings. The fourth-order valence-corrected chi connectivity index (χ4v) is 2.64. The molecule has 0 saturated carbocycles. The molecule has 0 atom stereocenters. The molecule has 2 N–H and O–H groups in total. The molecule has 0 aliphatic rings. The summed E-state index contributed by atoms with van der Waals surface area (Å²) in [6.07, 6.45) is 0. The normalized spacial score (nSPS) is 12.9. The van der Waals surface area contributed by atoms with Crippen LogP contribution in [-0.4, -0.2) is 28.3 Å². The van der Waals surface area contributed by atoms with Gasteiger partial charge < -0.3 is 15.1 Å². The molecule has 22 heavy (non-hydrogen) atoms. The summed E-state index contributed by atoms with van der Waals surface area (Å²) in [6, 6.07) is 17.4. The van der Waals surface area contributed by atoms with Crippen LogP contribution in [0.1, 0.15) is 19.4 Å². The third kappa shape index (κ3) is 3.15. The maximum atomic E-state index is 10.8. The average Bonchev–Trinajstić information content (AvgIpc) is 2.53. The van der Waals surface area contributed by atoms with Crippen LogP contribution in [0, 0.1) is 0 Å². The molecule has 0 aliphatic carbocycles. The minimum atomic E-state index is -0.462. The molecule has 0 aromatic heterocycles. The van der Waals surface area contributed by atoms with Crippen molar-refractivity contribution in [1.82, 2.24) is 4.90 Å². The van der Waals surface area contributed by atoms with Gasteiger partial charge in [0, 0.05) is 11.8 Å². The number of nitrogens with zero attached hydrogens (tertiary/aromatic N) is 1. The molecule has 0 aliphatic heterocycles. The lowest BCUT2D eigenvalue weighted by molar-refractivity contribution is 0.119. The first-order valence-corrected chi connectivity index (χ1v) is 7.39. The van der Waals surface area contributed by atoms with Crippen LogP contribution in [-0.2, 0) is 5.54 Å². The van der Waals surface area contributed by atoms with Crippen LogP contribution >= 0.6 is 0 Å². The number of benzene rings is 2. The SMILES string of the molecule is C=c1cccc/c1=C(/O)N(CCO)C(C)(C)c1ccccc1. The van der Waals surface area contributed by atoms with Crippen molar-refractivity contribution >= 4 is 12.5 Å². The zero-order valence-electron chi connectivity index (χ0n) is 13.2. The fourth-order valence-electron chi connectivity index (χ4n) is 2.64. The number of aliphatic hydroxyl groups is 2. The standard InChI is InChI=1S/C19H23NO2/c1-15-9-7-8-12-17(15)18(22)20(13-14-21)19(2,3)16-10-5-4-6-11-16/h4-12,21-22H,1,13-14H2,2-3H3/b18-17-. The van der Waals surface area contributed by atoms with Crippen molar-refractivity contribution < 1.29 is 10.2 Å². The molecule has 0 bridgehead atoms. The van der Waals surface area contributed by atoms with Gasteiger partial charge >= 0.3 is 0 Å². The number of aliphatic hydroxyl groups excluding tert-OH is 2. The molecule has 0 radical (unpaired) electrons. The summed E-state index contributed by atoms with van der Waals surface area (Å²) in [5.74, 6) is 0.133. The third-order valence-corrected chi connectivity index (χ3v) is 3.99. The van der Waals surface area contributed by atoms with Crippen molar-refractivity contribution in [2.75, 3.05) is 13.2 Å². The van der Waals surface area contributed by atoms with Gasteiger partial charge in [-0.15, -0.1) is 0 Å². The van der Waals surface area contributed by atoms with Crippen molar-refractivity contribution in [2.45, 2.75) is 19.4 Å². The molecule has 0 unspecified atom stereocenters. The lowest BCUT2D eigenvalue weighted by Crippen LogP contribution is -2.45. The van der Waals surface area contributed by atoms with Gasteiger partial charge in [-0.2, -0.15) is 0 Å². The first kappa shape index (κ1) is 16.1.